The van der Waals surface area contributed by atoms with E-state index in [0.717, 1.165) is 6.42 Å². The lowest BCUT2D eigenvalue weighted by atomic mass is 9.95. The minimum atomic E-state index is -0.659. The van der Waals surface area contributed by atoms with Crippen molar-refractivity contribution in [1.29, 1.82) is 0 Å². The molecule has 2 amide bonds. The Morgan fingerprint density at radius 2 is 2.04 bits per heavy atom. The Hall–Kier alpha value is -2.22. The number of benzene rings is 1. The molecule has 2 rings (SSSR count). The van der Waals surface area contributed by atoms with Gasteiger partial charge in [0.15, 0.2) is 11.5 Å². The topological polar surface area (TPSA) is 85.9 Å². The van der Waals surface area contributed by atoms with Crippen LogP contribution in [0.15, 0.2) is 27.9 Å². The molecular weight excluding hydrogens is 404 g/mol. The molecule has 26 heavy (non-hydrogen) atoms. The SMILES string of the molecule is CCCOc1c(Br)cc([C@@H]2NC(=O)NC(C)=C2C(=O)OCC)cc1OC. The van der Waals surface area contributed by atoms with Crippen LogP contribution in [0.25, 0.3) is 0 Å². The first-order valence-electron chi connectivity index (χ1n) is 8.38. The number of rotatable bonds is 7. The van der Waals surface area contributed by atoms with Crippen LogP contribution in [0, 0.1) is 0 Å². The molecular formula is C18H23BrN2O5. The third kappa shape index (κ3) is 4.30. The van der Waals surface area contributed by atoms with Crippen LogP contribution in [0.3, 0.4) is 0 Å². The van der Waals surface area contributed by atoms with E-state index in [1.54, 1.807) is 33.1 Å². The molecule has 0 radical (unpaired) electrons. The van der Waals surface area contributed by atoms with Gasteiger partial charge in [0.1, 0.15) is 0 Å². The van der Waals surface area contributed by atoms with E-state index < -0.39 is 12.0 Å². The summed E-state index contributed by atoms with van der Waals surface area (Å²) in [6.45, 7) is 6.21. The number of esters is 1. The second-order valence-corrected chi connectivity index (χ2v) is 6.53. The fraction of sp³-hybridized carbons (Fsp3) is 0.444. The Bertz CT molecular complexity index is 733. The van der Waals surface area contributed by atoms with E-state index in [1.807, 2.05) is 6.92 Å². The summed E-state index contributed by atoms with van der Waals surface area (Å²) >= 11 is 3.49. The number of amides is 2. The van der Waals surface area contributed by atoms with Gasteiger partial charge in [0.05, 0.1) is 36.4 Å². The van der Waals surface area contributed by atoms with E-state index in [1.165, 1.54) is 0 Å². The highest BCUT2D eigenvalue weighted by Gasteiger charge is 2.33. The lowest BCUT2D eigenvalue weighted by molar-refractivity contribution is -0.139. The molecule has 0 spiro atoms. The van der Waals surface area contributed by atoms with Crippen LogP contribution in [-0.2, 0) is 9.53 Å². The molecule has 1 aromatic rings. The fourth-order valence-corrected chi connectivity index (χ4v) is 3.25. The molecule has 1 aromatic carbocycles. The van der Waals surface area contributed by atoms with Crippen molar-refractivity contribution in [3.05, 3.63) is 33.4 Å². The highest BCUT2D eigenvalue weighted by molar-refractivity contribution is 9.10. The van der Waals surface area contributed by atoms with Crippen LogP contribution in [0.1, 0.15) is 38.8 Å². The minimum Gasteiger partial charge on any atom is -0.493 e. The molecule has 1 heterocycles. The van der Waals surface area contributed by atoms with Gasteiger partial charge in [0.2, 0.25) is 0 Å². The Balaban J connectivity index is 2.50. The summed E-state index contributed by atoms with van der Waals surface area (Å²) < 4.78 is 17.0. The summed E-state index contributed by atoms with van der Waals surface area (Å²) in [7, 11) is 1.54. The molecule has 1 atom stereocenters. The lowest BCUT2D eigenvalue weighted by Gasteiger charge is -2.28. The largest absolute Gasteiger partial charge is 0.493 e. The van der Waals surface area contributed by atoms with Crippen LogP contribution in [0.2, 0.25) is 0 Å². The first kappa shape index (κ1) is 20.1. The predicted octanol–water partition coefficient (Wildman–Crippen LogP) is 3.44. The predicted molar refractivity (Wildman–Crippen MR) is 100 cm³/mol. The van der Waals surface area contributed by atoms with Crippen LogP contribution in [-0.4, -0.2) is 32.3 Å². The molecule has 0 saturated carbocycles. The second-order valence-electron chi connectivity index (χ2n) is 5.67. The van der Waals surface area contributed by atoms with Crippen molar-refractivity contribution in [3.8, 4) is 11.5 Å². The maximum absolute atomic E-state index is 12.4. The van der Waals surface area contributed by atoms with E-state index in [0.29, 0.717) is 39.4 Å². The van der Waals surface area contributed by atoms with Crippen LogP contribution >= 0.6 is 15.9 Å². The normalized spacial score (nSPS) is 16.7. The fourth-order valence-electron chi connectivity index (χ4n) is 2.67. The Morgan fingerprint density at radius 1 is 1.31 bits per heavy atom. The Kier molecular flexibility index (Phi) is 6.90. The number of nitrogens with one attached hydrogen (secondary N) is 2. The maximum atomic E-state index is 12.4. The number of carbonyl (C=O) groups is 2. The van der Waals surface area contributed by atoms with E-state index in [2.05, 4.69) is 26.6 Å². The van der Waals surface area contributed by atoms with Crippen molar-refractivity contribution < 1.29 is 23.8 Å². The number of hydrogen-bond donors (Lipinski definition) is 2. The molecule has 1 aliphatic rings. The molecule has 0 unspecified atom stereocenters. The van der Waals surface area contributed by atoms with Gasteiger partial charge in [0.25, 0.3) is 0 Å². The van der Waals surface area contributed by atoms with Gasteiger partial charge in [0, 0.05) is 5.70 Å². The average molecular weight is 427 g/mol. The summed E-state index contributed by atoms with van der Waals surface area (Å²) in [4.78, 5) is 24.4. The summed E-state index contributed by atoms with van der Waals surface area (Å²) in [5, 5.41) is 5.38. The molecule has 1 aliphatic heterocycles. The molecule has 0 fully saturated rings. The molecule has 0 aromatic heterocycles. The summed E-state index contributed by atoms with van der Waals surface area (Å²) in [5.74, 6) is 0.608. The molecule has 8 heteroatoms. The van der Waals surface area contributed by atoms with Crippen LogP contribution in [0.5, 0.6) is 11.5 Å². The molecule has 7 nitrogen and oxygen atoms in total. The van der Waals surface area contributed by atoms with E-state index >= 15 is 0 Å². The third-order valence-electron chi connectivity index (χ3n) is 3.80. The zero-order valence-corrected chi connectivity index (χ0v) is 16.9. The highest BCUT2D eigenvalue weighted by atomic mass is 79.9. The van der Waals surface area contributed by atoms with E-state index in [9.17, 15) is 9.59 Å². The highest BCUT2D eigenvalue weighted by Crippen LogP contribution is 2.40. The lowest BCUT2D eigenvalue weighted by Crippen LogP contribution is -2.45. The molecule has 0 aliphatic carbocycles. The van der Waals surface area contributed by atoms with E-state index in [4.69, 9.17) is 14.2 Å². The van der Waals surface area contributed by atoms with Gasteiger partial charge < -0.3 is 24.8 Å². The van der Waals surface area contributed by atoms with Crippen molar-refractivity contribution in [3.63, 3.8) is 0 Å². The minimum absolute atomic E-state index is 0.243. The van der Waals surface area contributed by atoms with Crippen LogP contribution < -0.4 is 20.1 Å². The maximum Gasteiger partial charge on any atom is 0.338 e. The van der Waals surface area contributed by atoms with Gasteiger partial charge in [-0.15, -0.1) is 0 Å². The number of urea groups is 1. The standard InChI is InChI=1S/C18H23BrN2O5/c1-5-7-26-16-12(19)8-11(9-13(16)24-4)15-14(17(22)25-6-2)10(3)20-18(23)21-15/h8-9,15H,5-7H2,1-4H3,(H2,20,21,23)/t15-/m0/s1. The van der Waals surface area contributed by atoms with Gasteiger partial charge >= 0.3 is 12.0 Å². The number of carbonyl (C=O) groups excluding carboxylic acids is 2. The van der Waals surface area contributed by atoms with E-state index in [-0.39, 0.29) is 12.6 Å². The first-order chi connectivity index (χ1) is 12.4. The van der Waals surface area contributed by atoms with Crippen molar-refractivity contribution >= 4 is 27.9 Å². The second kappa shape index (κ2) is 8.93. The Labute approximate surface area is 161 Å². The van der Waals surface area contributed by atoms with Crippen molar-refractivity contribution in [2.24, 2.45) is 0 Å². The molecule has 0 saturated heterocycles. The zero-order valence-electron chi connectivity index (χ0n) is 15.3. The first-order valence-corrected chi connectivity index (χ1v) is 9.17. The van der Waals surface area contributed by atoms with Gasteiger partial charge in [-0.25, -0.2) is 9.59 Å². The van der Waals surface area contributed by atoms with Gasteiger partial charge in [-0.3, -0.25) is 0 Å². The zero-order chi connectivity index (χ0) is 19.3. The average Bonchev–Trinajstić information content (AvgIpc) is 2.59. The molecule has 0 bridgehead atoms. The van der Waals surface area contributed by atoms with Gasteiger partial charge in [-0.2, -0.15) is 0 Å². The van der Waals surface area contributed by atoms with Gasteiger partial charge in [-0.1, -0.05) is 6.92 Å². The third-order valence-corrected chi connectivity index (χ3v) is 4.39. The quantitative estimate of drug-likeness (QED) is 0.652. The van der Waals surface area contributed by atoms with Crippen molar-refractivity contribution in [1.82, 2.24) is 10.6 Å². The molecule has 142 valence electrons. The Morgan fingerprint density at radius 3 is 2.65 bits per heavy atom. The van der Waals surface area contributed by atoms with Gasteiger partial charge in [-0.05, 0) is 53.9 Å². The molecule has 2 N–H and O–H groups in total. The van der Waals surface area contributed by atoms with Crippen molar-refractivity contribution in [2.45, 2.75) is 33.2 Å². The summed E-state index contributed by atoms with van der Waals surface area (Å²) in [5.41, 5.74) is 1.48. The summed E-state index contributed by atoms with van der Waals surface area (Å²) in [6.07, 6.45) is 0.858. The smallest absolute Gasteiger partial charge is 0.338 e. The van der Waals surface area contributed by atoms with Crippen molar-refractivity contribution in [2.75, 3.05) is 20.3 Å². The van der Waals surface area contributed by atoms with Crippen LogP contribution in [0.4, 0.5) is 4.79 Å². The number of halogens is 1. The number of hydrogen-bond acceptors (Lipinski definition) is 5. The number of allylic oxidation sites excluding steroid dienone is 1. The number of methoxy groups -OCH3 is 1. The number of ether oxygens (including phenoxy) is 3. The monoisotopic (exact) mass is 426 g/mol. The summed E-state index contributed by atoms with van der Waals surface area (Å²) in [6, 6.07) is 2.50.